The van der Waals surface area contributed by atoms with E-state index in [1.807, 2.05) is 42.5 Å². The number of fused-ring (bicyclic) bond motifs is 1. The lowest BCUT2D eigenvalue weighted by atomic mass is 10.0. The molecule has 0 spiro atoms. The zero-order valence-electron chi connectivity index (χ0n) is 12.1. The quantitative estimate of drug-likeness (QED) is 0.736. The molecule has 0 saturated heterocycles. The van der Waals surface area contributed by atoms with Crippen molar-refractivity contribution >= 4 is 32.6 Å². The molecule has 0 aliphatic carbocycles. The summed E-state index contributed by atoms with van der Waals surface area (Å²) in [7, 11) is 0. The van der Waals surface area contributed by atoms with Gasteiger partial charge in [-0.1, -0.05) is 70.5 Å². The Morgan fingerprint density at radius 2 is 1.73 bits per heavy atom. The van der Waals surface area contributed by atoms with Crippen LogP contribution in [0.2, 0.25) is 0 Å². The first-order chi connectivity index (χ1) is 10.7. The lowest BCUT2D eigenvalue weighted by Gasteiger charge is -2.09. The normalized spacial score (nSPS) is 10.6. The Morgan fingerprint density at radius 3 is 2.59 bits per heavy atom. The van der Waals surface area contributed by atoms with Crippen LogP contribution >= 0.6 is 15.9 Å². The van der Waals surface area contributed by atoms with Crippen molar-refractivity contribution in [3.8, 4) is 0 Å². The zero-order valence-corrected chi connectivity index (χ0v) is 13.6. The monoisotopic (exact) mass is 353 g/mol. The van der Waals surface area contributed by atoms with Crippen molar-refractivity contribution < 1.29 is 4.79 Å². The molecule has 0 bridgehead atoms. The third kappa shape index (κ3) is 3.55. The molecule has 2 nitrogen and oxygen atoms in total. The van der Waals surface area contributed by atoms with Gasteiger partial charge in [-0.25, -0.2) is 0 Å². The van der Waals surface area contributed by atoms with Crippen molar-refractivity contribution in [1.82, 2.24) is 5.32 Å². The van der Waals surface area contributed by atoms with E-state index in [0.717, 1.165) is 15.6 Å². The minimum atomic E-state index is 0.0334. The second-order valence-corrected chi connectivity index (χ2v) is 6.14. The van der Waals surface area contributed by atoms with Crippen molar-refractivity contribution in [3.05, 3.63) is 82.3 Å². The first kappa shape index (κ1) is 14.8. The number of amides is 1. The number of nitrogens with one attached hydrogen (secondary N) is 1. The summed E-state index contributed by atoms with van der Waals surface area (Å²) < 4.78 is 0.992. The van der Waals surface area contributed by atoms with Gasteiger partial charge in [0.25, 0.3) is 0 Å². The van der Waals surface area contributed by atoms with Crippen molar-refractivity contribution in [2.45, 2.75) is 13.0 Å². The van der Waals surface area contributed by atoms with Crippen LogP contribution in [0.3, 0.4) is 0 Å². The van der Waals surface area contributed by atoms with E-state index in [1.54, 1.807) is 0 Å². The Kier molecular flexibility index (Phi) is 4.54. The predicted octanol–water partition coefficient (Wildman–Crippen LogP) is 4.46. The SMILES string of the molecule is O=C(Cc1cccc(Br)c1)NCc1cccc2ccccc12. The molecule has 0 radical (unpaired) electrons. The van der Waals surface area contributed by atoms with Gasteiger partial charge in [-0.05, 0) is 34.0 Å². The Bertz CT molecular complexity index is 808. The Hall–Kier alpha value is -2.13. The van der Waals surface area contributed by atoms with E-state index in [0.29, 0.717) is 13.0 Å². The summed E-state index contributed by atoms with van der Waals surface area (Å²) in [4.78, 5) is 12.1. The summed E-state index contributed by atoms with van der Waals surface area (Å²) in [5.74, 6) is 0.0334. The number of hydrogen-bond acceptors (Lipinski definition) is 1. The van der Waals surface area contributed by atoms with Crippen LogP contribution in [0.15, 0.2) is 71.2 Å². The fraction of sp³-hybridized carbons (Fsp3) is 0.105. The fourth-order valence-electron chi connectivity index (χ4n) is 2.54. The van der Waals surface area contributed by atoms with Crippen LogP contribution in [0.1, 0.15) is 11.1 Å². The van der Waals surface area contributed by atoms with E-state index in [9.17, 15) is 4.79 Å². The maximum absolute atomic E-state index is 12.1. The predicted molar refractivity (Wildman–Crippen MR) is 93.6 cm³/mol. The van der Waals surface area contributed by atoms with Gasteiger partial charge >= 0.3 is 0 Å². The molecular formula is C19H16BrNO. The largest absolute Gasteiger partial charge is 0.352 e. The summed E-state index contributed by atoms with van der Waals surface area (Å²) in [6.45, 7) is 0.550. The molecule has 3 rings (SSSR count). The summed E-state index contributed by atoms with van der Waals surface area (Å²) in [6, 6.07) is 22.2. The number of hydrogen-bond donors (Lipinski definition) is 1. The van der Waals surface area contributed by atoms with Gasteiger partial charge in [-0.2, -0.15) is 0 Å². The van der Waals surface area contributed by atoms with Crippen molar-refractivity contribution in [1.29, 1.82) is 0 Å². The van der Waals surface area contributed by atoms with E-state index in [2.05, 4.69) is 45.5 Å². The van der Waals surface area contributed by atoms with Crippen LogP contribution in [0, 0.1) is 0 Å². The smallest absolute Gasteiger partial charge is 0.224 e. The van der Waals surface area contributed by atoms with E-state index in [1.165, 1.54) is 10.8 Å². The van der Waals surface area contributed by atoms with E-state index in [-0.39, 0.29) is 5.91 Å². The summed E-state index contributed by atoms with van der Waals surface area (Å²) >= 11 is 3.42. The molecule has 3 aromatic rings. The molecule has 0 aromatic heterocycles. The lowest BCUT2D eigenvalue weighted by Crippen LogP contribution is -2.24. The summed E-state index contributed by atoms with van der Waals surface area (Å²) in [5, 5.41) is 5.39. The van der Waals surface area contributed by atoms with E-state index in [4.69, 9.17) is 0 Å². The van der Waals surface area contributed by atoms with Crippen LogP contribution in [0.5, 0.6) is 0 Å². The van der Waals surface area contributed by atoms with Gasteiger partial charge in [0, 0.05) is 11.0 Å². The average molecular weight is 354 g/mol. The van der Waals surface area contributed by atoms with Gasteiger partial charge in [0.05, 0.1) is 6.42 Å². The highest BCUT2D eigenvalue weighted by molar-refractivity contribution is 9.10. The minimum Gasteiger partial charge on any atom is -0.352 e. The third-order valence-electron chi connectivity index (χ3n) is 3.61. The first-order valence-electron chi connectivity index (χ1n) is 7.20. The number of rotatable bonds is 4. The zero-order chi connectivity index (χ0) is 15.4. The van der Waals surface area contributed by atoms with E-state index < -0.39 is 0 Å². The number of carbonyl (C=O) groups is 1. The van der Waals surface area contributed by atoms with Gasteiger partial charge in [0.1, 0.15) is 0 Å². The topological polar surface area (TPSA) is 29.1 Å². The number of halogens is 1. The molecule has 0 aliphatic rings. The van der Waals surface area contributed by atoms with Crippen LogP contribution in [-0.2, 0) is 17.8 Å². The van der Waals surface area contributed by atoms with Crippen molar-refractivity contribution in [2.75, 3.05) is 0 Å². The molecule has 3 heteroatoms. The molecular weight excluding hydrogens is 338 g/mol. The number of carbonyl (C=O) groups excluding carboxylic acids is 1. The Balaban J connectivity index is 1.68. The fourth-order valence-corrected chi connectivity index (χ4v) is 2.98. The van der Waals surface area contributed by atoms with Crippen LogP contribution in [-0.4, -0.2) is 5.91 Å². The molecule has 22 heavy (non-hydrogen) atoms. The average Bonchev–Trinajstić information content (AvgIpc) is 2.53. The minimum absolute atomic E-state index is 0.0334. The molecule has 0 heterocycles. The van der Waals surface area contributed by atoms with Gasteiger partial charge in [0.2, 0.25) is 5.91 Å². The van der Waals surface area contributed by atoms with Crippen LogP contribution < -0.4 is 5.32 Å². The Morgan fingerprint density at radius 1 is 0.955 bits per heavy atom. The molecule has 1 amide bonds. The van der Waals surface area contributed by atoms with Gasteiger partial charge < -0.3 is 5.32 Å². The molecule has 0 fully saturated rings. The lowest BCUT2D eigenvalue weighted by molar-refractivity contribution is -0.120. The van der Waals surface area contributed by atoms with Gasteiger partial charge in [-0.15, -0.1) is 0 Å². The first-order valence-corrected chi connectivity index (χ1v) is 7.99. The van der Waals surface area contributed by atoms with Crippen molar-refractivity contribution in [3.63, 3.8) is 0 Å². The molecule has 0 saturated carbocycles. The number of benzene rings is 3. The maximum Gasteiger partial charge on any atom is 0.224 e. The highest BCUT2D eigenvalue weighted by Crippen LogP contribution is 2.18. The highest BCUT2D eigenvalue weighted by Gasteiger charge is 2.05. The molecule has 1 N–H and O–H groups in total. The second-order valence-electron chi connectivity index (χ2n) is 5.22. The molecule has 0 atom stereocenters. The summed E-state index contributed by atoms with van der Waals surface area (Å²) in [6.07, 6.45) is 0.393. The standard InChI is InChI=1S/C19H16BrNO/c20-17-9-3-5-14(11-17)12-19(22)21-13-16-8-4-7-15-6-1-2-10-18(15)16/h1-11H,12-13H2,(H,21,22). The molecule has 0 unspecified atom stereocenters. The van der Waals surface area contributed by atoms with E-state index >= 15 is 0 Å². The Labute approximate surface area is 138 Å². The van der Waals surface area contributed by atoms with Gasteiger partial charge in [0.15, 0.2) is 0 Å². The van der Waals surface area contributed by atoms with Crippen LogP contribution in [0.4, 0.5) is 0 Å². The highest BCUT2D eigenvalue weighted by atomic mass is 79.9. The second kappa shape index (κ2) is 6.75. The molecule has 0 aliphatic heterocycles. The van der Waals surface area contributed by atoms with Gasteiger partial charge in [-0.3, -0.25) is 4.79 Å². The summed E-state index contributed by atoms with van der Waals surface area (Å²) in [5.41, 5.74) is 2.14. The third-order valence-corrected chi connectivity index (χ3v) is 4.10. The van der Waals surface area contributed by atoms with Crippen molar-refractivity contribution in [2.24, 2.45) is 0 Å². The maximum atomic E-state index is 12.1. The molecule has 110 valence electrons. The van der Waals surface area contributed by atoms with Crippen LogP contribution in [0.25, 0.3) is 10.8 Å². The molecule has 3 aromatic carbocycles.